The fraction of sp³-hybridized carbons (Fsp3) is 0.375. The Balaban J connectivity index is 2.15. The standard InChI is InChI=1S/C16H21NO2/c1-12(17-11-16(18-2)19-3)14-10-6-8-13-7-4-5-9-15(13)14/h4-10,12,16-17H,11H2,1-3H3. The molecule has 0 aromatic heterocycles. The molecule has 0 heterocycles. The summed E-state index contributed by atoms with van der Waals surface area (Å²) in [6, 6.07) is 15.1. The third-order valence-electron chi connectivity index (χ3n) is 3.41. The zero-order valence-corrected chi connectivity index (χ0v) is 11.7. The molecule has 0 saturated heterocycles. The maximum Gasteiger partial charge on any atom is 0.169 e. The van der Waals surface area contributed by atoms with Crippen LogP contribution in [0.1, 0.15) is 18.5 Å². The molecule has 0 bridgehead atoms. The lowest BCUT2D eigenvalue weighted by atomic mass is 10.00. The quantitative estimate of drug-likeness (QED) is 0.809. The Labute approximate surface area is 114 Å². The van der Waals surface area contributed by atoms with Crippen molar-refractivity contribution in [3.63, 3.8) is 0 Å². The molecule has 19 heavy (non-hydrogen) atoms. The van der Waals surface area contributed by atoms with Gasteiger partial charge in [-0.15, -0.1) is 0 Å². The lowest BCUT2D eigenvalue weighted by molar-refractivity contribution is -0.0997. The number of nitrogens with one attached hydrogen (secondary N) is 1. The van der Waals surface area contributed by atoms with Gasteiger partial charge in [-0.3, -0.25) is 0 Å². The predicted molar refractivity (Wildman–Crippen MR) is 78.2 cm³/mol. The average Bonchev–Trinajstić information content (AvgIpc) is 2.47. The van der Waals surface area contributed by atoms with Crippen LogP contribution in [0.5, 0.6) is 0 Å². The number of methoxy groups -OCH3 is 2. The van der Waals surface area contributed by atoms with E-state index in [2.05, 4.69) is 54.7 Å². The third-order valence-corrected chi connectivity index (χ3v) is 3.41. The van der Waals surface area contributed by atoms with Gasteiger partial charge in [0.1, 0.15) is 0 Å². The normalized spacial score (nSPS) is 13.1. The summed E-state index contributed by atoms with van der Waals surface area (Å²) in [5, 5.41) is 6.00. The summed E-state index contributed by atoms with van der Waals surface area (Å²) in [7, 11) is 3.30. The highest BCUT2D eigenvalue weighted by Gasteiger charge is 2.11. The molecule has 0 fully saturated rings. The fourth-order valence-electron chi connectivity index (χ4n) is 2.27. The van der Waals surface area contributed by atoms with Crippen LogP contribution < -0.4 is 5.32 Å². The Kier molecular flexibility index (Phi) is 4.91. The molecule has 102 valence electrons. The van der Waals surface area contributed by atoms with Gasteiger partial charge in [-0.1, -0.05) is 42.5 Å². The molecule has 3 heteroatoms. The molecule has 3 nitrogen and oxygen atoms in total. The summed E-state index contributed by atoms with van der Waals surface area (Å²) in [4.78, 5) is 0. The lowest BCUT2D eigenvalue weighted by Crippen LogP contribution is -2.31. The monoisotopic (exact) mass is 259 g/mol. The topological polar surface area (TPSA) is 30.5 Å². The second kappa shape index (κ2) is 6.66. The van der Waals surface area contributed by atoms with Gasteiger partial charge in [0.25, 0.3) is 0 Å². The zero-order valence-electron chi connectivity index (χ0n) is 11.7. The van der Waals surface area contributed by atoms with E-state index >= 15 is 0 Å². The summed E-state index contributed by atoms with van der Waals surface area (Å²) < 4.78 is 10.4. The van der Waals surface area contributed by atoms with Crippen molar-refractivity contribution in [2.75, 3.05) is 20.8 Å². The number of hydrogen-bond acceptors (Lipinski definition) is 3. The van der Waals surface area contributed by atoms with E-state index < -0.39 is 0 Å². The Morgan fingerprint density at radius 1 is 1.00 bits per heavy atom. The first-order chi connectivity index (χ1) is 9.26. The molecular weight excluding hydrogens is 238 g/mol. The van der Waals surface area contributed by atoms with Crippen LogP contribution in [-0.2, 0) is 9.47 Å². The van der Waals surface area contributed by atoms with Crippen LogP contribution in [-0.4, -0.2) is 27.1 Å². The number of hydrogen-bond donors (Lipinski definition) is 1. The van der Waals surface area contributed by atoms with Crippen molar-refractivity contribution < 1.29 is 9.47 Å². The first-order valence-corrected chi connectivity index (χ1v) is 6.53. The zero-order chi connectivity index (χ0) is 13.7. The molecule has 1 unspecified atom stereocenters. The van der Waals surface area contributed by atoms with Gasteiger partial charge in [0.05, 0.1) is 0 Å². The first-order valence-electron chi connectivity index (χ1n) is 6.53. The van der Waals surface area contributed by atoms with Crippen LogP contribution in [0.25, 0.3) is 10.8 Å². The van der Waals surface area contributed by atoms with Crippen LogP contribution in [0, 0.1) is 0 Å². The van der Waals surface area contributed by atoms with E-state index in [0.717, 1.165) is 0 Å². The van der Waals surface area contributed by atoms with Crippen molar-refractivity contribution in [2.45, 2.75) is 19.3 Å². The van der Waals surface area contributed by atoms with Crippen molar-refractivity contribution in [3.8, 4) is 0 Å². The summed E-state index contributed by atoms with van der Waals surface area (Å²) in [6.45, 7) is 2.82. The summed E-state index contributed by atoms with van der Waals surface area (Å²) in [6.07, 6.45) is -0.211. The van der Waals surface area contributed by atoms with Crippen LogP contribution in [0.3, 0.4) is 0 Å². The van der Waals surface area contributed by atoms with Crippen LogP contribution in [0.2, 0.25) is 0 Å². The van der Waals surface area contributed by atoms with Gasteiger partial charge < -0.3 is 14.8 Å². The average molecular weight is 259 g/mol. The Bertz CT molecular complexity index is 518. The molecule has 2 aromatic rings. The molecular formula is C16H21NO2. The van der Waals surface area contributed by atoms with Gasteiger partial charge in [0.15, 0.2) is 6.29 Å². The molecule has 0 radical (unpaired) electrons. The second-order valence-corrected chi connectivity index (χ2v) is 4.60. The van der Waals surface area contributed by atoms with E-state index in [0.29, 0.717) is 6.54 Å². The maximum absolute atomic E-state index is 5.19. The number of rotatable bonds is 6. The molecule has 0 aliphatic rings. The Hall–Kier alpha value is -1.42. The van der Waals surface area contributed by atoms with Gasteiger partial charge in [0.2, 0.25) is 0 Å². The fourth-order valence-corrected chi connectivity index (χ4v) is 2.27. The third kappa shape index (κ3) is 3.32. The highest BCUT2D eigenvalue weighted by atomic mass is 16.7. The van der Waals surface area contributed by atoms with Gasteiger partial charge in [-0.2, -0.15) is 0 Å². The van der Waals surface area contributed by atoms with E-state index in [1.807, 2.05) is 0 Å². The number of fused-ring (bicyclic) bond motifs is 1. The van der Waals surface area contributed by atoms with E-state index in [-0.39, 0.29) is 12.3 Å². The molecule has 0 saturated carbocycles. The smallest absolute Gasteiger partial charge is 0.169 e. The minimum absolute atomic E-state index is 0.211. The maximum atomic E-state index is 5.19. The van der Waals surface area contributed by atoms with Gasteiger partial charge in [-0.25, -0.2) is 0 Å². The minimum Gasteiger partial charge on any atom is -0.355 e. The Morgan fingerprint density at radius 2 is 1.68 bits per heavy atom. The van der Waals surface area contributed by atoms with E-state index in [4.69, 9.17) is 9.47 Å². The van der Waals surface area contributed by atoms with Crippen molar-refractivity contribution in [2.24, 2.45) is 0 Å². The van der Waals surface area contributed by atoms with Crippen LogP contribution >= 0.6 is 0 Å². The molecule has 0 aliphatic heterocycles. The van der Waals surface area contributed by atoms with Crippen molar-refractivity contribution in [3.05, 3.63) is 48.0 Å². The Morgan fingerprint density at radius 3 is 2.42 bits per heavy atom. The predicted octanol–water partition coefficient (Wildman–Crippen LogP) is 3.11. The van der Waals surface area contributed by atoms with E-state index in [1.165, 1.54) is 16.3 Å². The van der Waals surface area contributed by atoms with Gasteiger partial charge in [-0.05, 0) is 23.3 Å². The summed E-state index contributed by atoms with van der Waals surface area (Å²) >= 11 is 0. The lowest BCUT2D eigenvalue weighted by Gasteiger charge is -2.20. The molecule has 2 aromatic carbocycles. The van der Waals surface area contributed by atoms with Crippen molar-refractivity contribution in [1.82, 2.24) is 5.32 Å². The van der Waals surface area contributed by atoms with Gasteiger partial charge >= 0.3 is 0 Å². The largest absolute Gasteiger partial charge is 0.355 e. The minimum atomic E-state index is -0.211. The van der Waals surface area contributed by atoms with Crippen LogP contribution in [0.15, 0.2) is 42.5 Å². The summed E-state index contributed by atoms with van der Waals surface area (Å²) in [5.74, 6) is 0. The highest BCUT2D eigenvalue weighted by molar-refractivity contribution is 5.86. The molecule has 1 N–H and O–H groups in total. The molecule has 0 amide bonds. The van der Waals surface area contributed by atoms with Crippen LogP contribution in [0.4, 0.5) is 0 Å². The van der Waals surface area contributed by atoms with Gasteiger partial charge in [0, 0.05) is 26.8 Å². The van der Waals surface area contributed by atoms with Crippen molar-refractivity contribution in [1.29, 1.82) is 0 Å². The highest BCUT2D eigenvalue weighted by Crippen LogP contribution is 2.23. The molecule has 2 rings (SSSR count). The molecule has 1 atom stereocenters. The van der Waals surface area contributed by atoms with E-state index in [1.54, 1.807) is 14.2 Å². The second-order valence-electron chi connectivity index (χ2n) is 4.60. The SMILES string of the molecule is COC(CNC(C)c1cccc2ccccc12)OC. The summed E-state index contributed by atoms with van der Waals surface area (Å²) in [5.41, 5.74) is 1.30. The van der Waals surface area contributed by atoms with Crippen molar-refractivity contribution >= 4 is 10.8 Å². The van der Waals surface area contributed by atoms with E-state index in [9.17, 15) is 0 Å². The molecule has 0 spiro atoms. The number of ether oxygens (including phenoxy) is 2. The molecule has 0 aliphatic carbocycles. The first kappa shape index (κ1) is 14.0. The number of benzene rings is 2.